The lowest BCUT2D eigenvalue weighted by molar-refractivity contribution is 0.583. The molecule has 0 amide bonds. The largest absolute Gasteiger partial charge is 0.310 e. The van der Waals surface area contributed by atoms with Crippen LogP contribution < -0.4 is 5.32 Å². The average Bonchev–Trinajstić information content (AvgIpc) is 3.00. The fraction of sp³-hybridized carbons (Fsp3) is 0.538. The average molecular weight is 207 g/mol. The van der Waals surface area contributed by atoms with Gasteiger partial charge in [-0.15, -0.1) is 0 Å². The number of nitrogens with one attached hydrogen (secondary N) is 1. The summed E-state index contributed by atoms with van der Waals surface area (Å²) in [4.78, 5) is 0. The Bertz CT molecular complexity index is 342. The first-order chi connectivity index (χ1) is 7.16. The van der Waals surface area contributed by atoms with Crippen molar-refractivity contribution in [2.75, 3.05) is 0 Å². The molecule has 1 aliphatic carbocycles. The number of halogens is 1. The maximum absolute atomic E-state index is 13.4. The van der Waals surface area contributed by atoms with E-state index in [2.05, 4.69) is 19.2 Å². The van der Waals surface area contributed by atoms with Gasteiger partial charge < -0.3 is 5.32 Å². The normalized spacial score (nSPS) is 16.0. The highest BCUT2D eigenvalue weighted by atomic mass is 19.1. The van der Waals surface area contributed by atoms with E-state index in [-0.39, 0.29) is 5.82 Å². The van der Waals surface area contributed by atoms with Gasteiger partial charge in [0.1, 0.15) is 5.82 Å². The highest BCUT2D eigenvalue weighted by molar-refractivity contribution is 5.30. The Kier molecular flexibility index (Phi) is 3.06. The molecule has 1 aromatic rings. The fourth-order valence-corrected chi connectivity index (χ4v) is 1.73. The molecule has 82 valence electrons. The zero-order valence-electron chi connectivity index (χ0n) is 9.39. The molecule has 1 fully saturated rings. The van der Waals surface area contributed by atoms with Crippen molar-refractivity contribution < 1.29 is 4.39 Å². The van der Waals surface area contributed by atoms with E-state index < -0.39 is 0 Å². The number of hydrogen-bond acceptors (Lipinski definition) is 1. The first kappa shape index (κ1) is 10.6. The Balaban J connectivity index is 2.08. The first-order valence-corrected chi connectivity index (χ1v) is 5.68. The molecule has 0 saturated heterocycles. The monoisotopic (exact) mass is 207 g/mol. The SMILES string of the molecule is CC(C)NCc1ccc(F)c(C2CC2)c1. The van der Waals surface area contributed by atoms with Crippen LogP contribution in [0.3, 0.4) is 0 Å². The van der Waals surface area contributed by atoms with E-state index in [4.69, 9.17) is 0 Å². The smallest absolute Gasteiger partial charge is 0.126 e. The molecule has 1 aromatic carbocycles. The van der Waals surface area contributed by atoms with Crippen LogP contribution in [0, 0.1) is 5.82 Å². The van der Waals surface area contributed by atoms with E-state index >= 15 is 0 Å². The van der Waals surface area contributed by atoms with E-state index in [9.17, 15) is 4.39 Å². The molecule has 0 unspecified atom stereocenters. The highest BCUT2D eigenvalue weighted by Gasteiger charge is 2.26. The molecular formula is C13H18FN. The third-order valence-electron chi connectivity index (χ3n) is 2.79. The lowest BCUT2D eigenvalue weighted by Crippen LogP contribution is -2.21. The quantitative estimate of drug-likeness (QED) is 0.799. The standard InChI is InChI=1S/C13H18FN/c1-9(2)15-8-10-3-6-13(14)12(7-10)11-4-5-11/h3,6-7,9,11,15H,4-5,8H2,1-2H3. The van der Waals surface area contributed by atoms with Gasteiger partial charge in [0.25, 0.3) is 0 Å². The summed E-state index contributed by atoms with van der Waals surface area (Å²) in [5.41, 5.74) is 2.10. The number of benzene rings is 1. The molecule has 0 atom stereocenters. The van der Waals surface area contributed by atoms with Gasteiger partial charge in [0, 0.05) is 12.6 Å². The van der Waals surface area contributed by atoms with Crippen LogP contribution in [-0.2, 0) is 6.54 Å². The second-order valence-electron chi connectivity index (χ2n) is 4.67. The zero-order chi connectivity index (χ0) is 10.8. The topological polar surface area (TPSA) is 12.0 Å². The second kappa shape index (κ2) is 4.31. The lowest BCUT2D eigenvalue weighted by Gasteiger charge is -2.09. The van der Waals surface area contributed by atoms with Crippen molar-refractivity contribution in [1.82, 2.24) is 5.32 Å². The molecule has 1 N–H and O–H groups in total. The van der Waals surface area contributed by atoms with Crippen molar-refractivity contribution in [3.05, 3.63) is 35.1 Å². The number of hydrogen-bond donors (Lipinski definition) is 1. The van der Waals surface area contributed by atoms with E-state index in [0.717, 1.165) is 24.9 Å². The summed E-state index contributed by atoms with van der Waals surface area (Å²) in [5.74, 6) is 0.454. The van der Waals surface area contributed by atoms with Crippen LogP contribution in [0.2, 0.25) is 0 Å². The van der Waals surface area contributed by atoms with Gasteiger partial charge in [-0.1, -0.05) is 26.0 Å². The predicted octanol–water partition coefficient (Wildman–Crippen LogP) is 3.20. The van der Waals surface area contributed by atoms with Crippen LogP contribution in [0.5, 0.6) is 0 Å². The molecule has 0 heterocycles. The molecule has 0 aliphatic heterocycles. The molecule has 1 saturated carbocycles. The summed E-state index contributed by atoms with van der Waals surface area (Å²) in [5, 5.41) is 3.35. The molecule has 0 bridgehead atoms. The van der Waals surface area contributed by atoms with Gasteiger partial charge in [-0.3, -0.25) is 0 Å². The maximum Gasteiger partial charge on any atom is 0.126 e. The minimum Gasteiger partial charge on any atom is -0.310 e. The number of rotatable bonds is 4. The maximum atomic E-state index is 13.4. The molecule has 0 spiro atoms. The molecule has 15 heavy (non-hydrogen) atoms. The zero-order valence-corrected chi connectivity index (χ0v) is 9.39. The molecule has 0 radical (unpaired) electrons. The van der Waals surface area contributed by atoms with Crippen molar-refractivity contribution in [2.24, 2.45) is 0 Å². The third kappa shape index (κ3) is 2.78. The van der Waals surface area contributed by atoms with E-state index in [1.807, 2.05) is 12.1 Å². The van der Waals surface area contributed by atoms with Crippen molar-refractivity contribution >= 4 is 0 Å². The van der Waals surface area contributed by atoms with Crippen LogP contribution >= 0.6 is 0 Å². The minimum atomic E-state index is -0.0363. The molecule has 1 nitrogen and oxygen atoms in total. The van der Waals surface area contributed by atoms with Crippen LogP contribution in [0.25, 0.3) is 0 Å². The van der Waals surface area contributed by atoms with Crippen LogP contribution in [0.4, 0.5) is 4.39 Å². The van der Waals surface area contributed by atoms with Gasteiger partial charge in [0.2, 0.25) is 0 Å². The summed E-state index contributed by atoms with van der Waals surface area (Å²) < 4.78 is 13.4. The van der Waals surface area contributed by atoms with Gasteiger partial charge in [-0.2, -0.15) is 0 Å². The van der Waals surface area contributed by atoms with Crippen molar-refractivity contribution in [3.8, 4) is 0 Å². The fourth-order valence-electron chi connectivity index (χ4n) is 1.73. The van der Waals surface area contributed by atoms with Crippen LogP contribution in [0.1, 0.15) is 43.7 Å². The Morgan fingerprint density at radius 1 is 1.40 bits per heavy atom. The van der Waals surface area contributed by atoms with Gasteiger partial charge in [0.05, 0.1) is 0 Å². The van der Waals surface area contributed by atoms with E-state index in [1.54, 1.807) is 6.07 Å². The van der Waals surface area contributed by atoms with Gasteiger partial charge in [-0.05, 0) is 36.0 Å². The third-order valence-corrected chi connectivity index (χ3v) is 2.79. The van der Waals surface area contributed by atoms with Crippen molar-refractivity contribution in [2.45, 2.75) is 45.2 Å². The predicted molar refractivity (Wildman–Crippen MR) is 60.4 cm³/mol. The van der Waals surface area contributed by atoms with E-state index in [0.29, 0.717) is 12.0 Å². The Morgan fingerprint density at radius 3 is 2.73 bits per heavy atom. The van der Waals surface area contributed by atoms with Gasteiger partial charge >= 0.3 is 0 Å². The van der Waals surface area contributed by atoms with E-state index in [1.165, 1.54) is 5.56 Å². The highest BCUT2D eigenvalue weighted by Crippen LogP contribution is 2.41. The Labute approximate surface area is 90.7 Å². The van der Waals surface area contributed by atoms with Crippen LogP contribution in [0.15, 0.2) is 18.2 Å². The molecule has 1 aliphatic rings. The molecule has 0 aromatic heterocycles. The van der Waals surface area contributed by atoms with Gasteiger partial charge in [0.15, 0.2) is 0 Å². The Morgan fingerprint density at radius 2 is 2.13 bits per heavy atom. The summed E-state index contributed by atoms with van der Waals surface area (Å²) in [6.07, 6.45) is 2.30. The lowest BCUT2D eigenvalue weighted by atomic mass is 10.1. The first-order valence-electron chi connectivity index (χ1n) is 5.68. The van der Waals surface area contributed by atoms with Crippen LogP contribution in [-0.4, -0.2) is 6.04 Å². The summed E-state index contributed by atoms with van der Waals surface area (Å²) in [6.45, 7) is 5.06. The Hall–Kier alpha value is -0.890. The summed E-state index contributed by atoms with van der Waals surface area (Å²) in [7, 11) is 0. The summed E-state index contributed by atoms with van der Waals surface area (Å²) in [6, 6.07) is 5.96. The summed E-state index contributed by atoms with van der Waals surface area (Å²) >= 11 is 0. The van der Waals surface area contributed by atoms with Crippen molar-refractivity contribution in [1.29, 1.82) is 0 Å². The molecule has 2 heteroatoms. The van der Waals surface area contributed by atoms with Gasteiger partial charge in [-0.25, -0.2) is 4.39 Å². The minimum absolute atomic E-state index is 0.0363. The van der Waals surface area contributed by atoms with Crippen molar-refractivity contribution in [3.63, 3.8) is 0 Å². The molecular weight excluding hydrogens is 189 g/mol. The molecule has 2 rings (SSSR count). The second-order valence-corrected chi connectivity index (χ2v) is 4.67.